The van der Waals surface area contributed by atoms with E-state index in [1.54, 1.807) is 23.1 Å². The monoisotopic (exact) mass is 356 g/mol. The Morgan fingerprint density at radius 3 is 2.88 bits per heavy atom. The van der Waals surface area contributed by atoms with Crippen molar-refractivity contribution in [2.24, 2.45) is 5.73 Å². The molecule has 4 N–H and O–H groups in total. The number of nitrogens with zero attached hydrogens (tertiary/aromatic N) is 1. The molecule has 0 aliphatic carbocycles. The quantitative estimate of drug-likeness (QED) is 0.742. The van der Waals surface area contributed by atoms with Crippen molar-refractivity contribution in [1.82, 2.24) is 15.2 Å². The smallest absolute Gasteiger partial charge is 0.270 e. The van der Waals surface area contributed by atoms with E-state index in [0.717, 1.165) is 24.6 Å². The van der Waals surface area contributed by atoms with Gasteiger partial charge >= 0.3 is 0 Å². The van der Waals surface area contributed by atoms with Crippen molar-refractivity contribution in [3.05, 3.63) is 46.4 Å². The van der Waals surface area contributed by atoms with Gasteiger partial charge in [0.1, 0.15) is 5.69 Å². The number of pyridine rings is 1. The molecule has 1 unspecified atom stereocenters. The highest BCUT2D eigenvalue weighted by Crippen LogP contribution is 2.20. The predicted molar refractivity (Wildman–Crippen MR) is 99.9 cm³/mol. The number of nitrogens with one attached hydrogen (secondary N) is 2. The number of nitrogens with two attached hydrogens (primary N) is 1. The number of piperidine rings is 1. The highest BCUT2D eigenvalue weighted by molar-refractivity contribution is 5.96. The normalized spacial score (nSPS) is 17.3. The summed E-state index contributed by atoms with van der Waals surface area (Å²) < 4.78 is 0. The lowest BCUT2D eigenvalue weighted by Gasteiger charge is -2.35. The summed E-state index contributed by atoms with van der Waals surface area (Å²) in [6.45, 7) is 1.32. The molecule has 7 nitrogen and oxygen atoms in total. The van der Waals surface area contributed by atoms with Crippen LogP contribution in [0.4, 0.5) is 0 Å². The number of hydrogen-bond donors (Lipinski definition) is 3. The zero-order valence-corrected chi connectivity index (χ0v) is 14.7. The largest absolute Gasteiger partial charge is 0.354 e. The highest BCUT2D eigenvalue weighted by atomic mass is 16.2. The summed E-state index contributed by atoms with van der Waals surface area (Å²) in [6, 6.07) is 8.84. The number of hydrogen-bond acceptors (Lipinski definition) is 4. The van der Waals surface area contributed by atoms with Crippen molar-refractivity contribution >= 4 is 22.6 Å². The van der Waals surface area contributed by atoms with Crippen molar-refractivity contribution < 1.29 is 9.59 Å². The summed E-state index contributed by atoms with van der Waals surface area (Å²) >= 11 is 0. The number of aromatic nitrogens is 1. The fourth-order valence-corrected chi connectivity index (χ4v) is 3.41. The van der Waals surface area contributed by atoms with Crippen LogP contribution in [0.1, 0.15) is 36.2 Å². The summed E-state index contributed by atoms with van der Waals surface area (Å²) in [7, 11) is 0. The van der Waals surface area contributed by atoms with Crippen LogP contribution in [-0.2, 0) is 4.79 Å². The molecule has 1 saturated heterocycles. The third kappa shape index (κ3) is 3.94. The maximum absolute atomic E-state index is 13.0. The molecule has 1 aromatic carbocycles. The molecule has 0 spiro atoms. The van der Waals surface area contributed by atoms with Gasteiger partial charge in [0.25, 0.3) is 11.5 Å². The van der Waals surface area contributed by atoms with Crippen molar-refractivity contribution in [1.29, 1.82) is 0 Å². The summed E-state index contributed by atoms with van der Waals surface area (Å²) in [5, 5.41) is 4.15. The molecule has 7 heteroatoms. The van der Waals surface area contributed by atoms with Crippen LogP contribution in [-0.4, -0.2) is 47.4 Å². The molecule has 2 amide bonds. The number of amides is 2. The van der Waals surface area contributed by atoms with E-state index in [-0.39, 0.29) is 35.5 Å². The standard InChI is InChI=1S/C19H24N4O3/c20-9-8-17(24)21-12-14-6-3-4-10-23(14)19(26)16-11-13-5-1-2-7-15(13)18(25)22-16/h1-2,5,7,11,14H,3-4,6,8-10,12,20H2,(H,21,24)(H,22,25). The number of benzene rings is 1. The van der Waals surface area contributed by atoms with Crippen molar-refractivity contribution in [2.45, 2.75) is 31.7 Å². The van der Waals surface area contributed by atoms with Crippen LogP contribution in [0.25, 0.3) is 10.8 Å². The van der Waals surface area contributed by atoms with Crippen LogP contribution in [0.3, 0.4) is 0 Å². The third-order valence-electron chi connectivity index (χ3n) is 4.78. The van der Waals surface area contributed by atoms with Crippen LogP contribution in [0.2, 0.25) is 0 Å². The van der Waals surface area contributed by atoms with E-state index in [9.17, 15) is 14.4 Å². The van der Waals surface area contributed by atoms with Gasteiger partial charge in [0.2, 0.25) is 5.91 Å². The maximum atomic E-state index is 13.0. The lowest BCUT2D eigenvalue weighted by molar-refractivity contribution is -0.121. The first-order valence-corrected chi connectivity index (χ1v) is 9.00. The van der Waals surface area contributed by atoms with Crippen LogP contribution < -0.4 is 16.6 Å². The van der Waals surface area contributed by atoms with E-state index >= 15 is 0 Å². The average Bonchev–Trinajstić information content (AvgIpc) is 2.66. The van der Waals surface area contributed by atoms with Crippen molar-refractivity contribution in [3.8, 4) is 0 Å². The average molecular weight is 356 g/mol. The van der Waals surface area contributed by atoms with Gasteiger partial charge in [-0.05, 0) is 36.8 Å². The zero-order valence-electron chi connectivity index (χ0n) is 14.7. The van der Waals surface area contributed by atoms with E-state index in [2.05, 4.69) is 10.3 Å². The van der Waals surface area contributed by atoms with Gasteiger partial charge in [-0.3, -0.25) is 14.4 Å². The van der Waals surface area contributed by atoms with Crippen LogP contribution in [0.15, 0.2) is 35.1 Å². The SMILES string of the molecule is NCCC(=O)NCC1CCCCN1C(=O)c1cc2ccccc2c(=O)[nH]1. The fourth-order valence-electron chi connectivity index (χ4n) is 3.41. The summed E-state index contributed by atoms with van der Waals surface area (Å²) in [4.78, 5) is 41.4. The number of aromatic amines is 1. The Labute approximate surface area is 151 Å². The number of carbonyl (C=O) groups is 2. The molecule has 0 saturated carbocycles. The van der Waals surface area contributed by atoms with Gasteiger partial charge in [-0.2, -0.15) is 0 Å². The lowest BCUT2D eigenvalue weighted by Crippen LogP contribution is -2.49. The van der Waals surface area contributed by atoms with Gasteiger partial charge in [0.05, 0.1) is 0 Å². The van der Waals surface area contributed by atoms with E-state index in [4.69, 9.17) is 5.73 Å². The van der Waals surface area contributed by atoms with Crippen LogP contribution in [0.5, 0.6) is 0 Å². The molecule has 1 fully saturated rings. The van der Waals surface area contributed by atoms with Gasteiger partial charge in [-0.25, -0.2) is 0 Å². The van der Waals surface area contributed by atoms with E-state index in [1.165, 1.54) is 0 Å². The number of fused-ring (bicyclic) bond motifs is 1. The Kier molecular flexibility index (Phi) is 5.68. The topological polar surface area (TPSA) is 108 Å². The van der Waals surface area contributed by atoms with Gasteiger partial charge in [0.15, 0.2) is 0 Å². The van der Waals surface area contributed by atoms with Crippen LogP contribution >= 0.6 is 0 Å². The third-order valence-corrected chi connectivity index (χ3v) is 4.78. The van der Waals surface area contributed by atoms with Crippen LogP contribution in [0, 0.1) is 0 Å². The summed E-state index contributed by atoms with van der Waals surface area (Å²) in [5.41, 5.74) is 5.41. The number of H-pyrrole nitrogens is 1. The van der Waals surface area contributed by atoms with Gasteiger partial charge in [-0.1, -0.05) is 18.2 Å². The van der Waals surface area contributed by atoms with E-state index in [0.29, 0.717) is 25.0 Å². The second kappa shape index (κ2) is 8.14. The first-order chi connectivity index (χ1) is 12.6. The molecule has 2 heterocycles. The summed E-state index contributed by atoms with van der Waals surface area (Å²) in [6.07, 6.45) is 3.03. The fraction of sp³-hybridized carbons (Fsp3) is 0.421. The Hall–Kier alpha value is -2.67. The van der Waals surface area contributed by atoms with Gasteiger partial charge in [-0.15, -0.1) is 0 Å². The molecule has 138 valence electrons. The molecule has 0 radical (unpaired) electrons. The predicted octanol–water partition coefficient (Wildman–Crippen LogP) is 0.988. The molecular formula is C19H24N4O3. The molecule has 3 rings (SSSR count). The lowest BCUT2D eigenvalue weighted by atomic mass is 10.0. The molecular weight excluding hydrogens is 332 g/mol. The van der Waals surface area contributed by atoms with Crippen molar-refractivity contribution in [3.63, 3.8) is 0 Å². The van der Waals surface area contributed by atoms with Crippen molar-refractivity contribution in [2.75, 3.05) is 19.6 Å². The number of likely N-dealkylation sites (tertiary alicyclic amines) is 1. The Balaban J connectivity index is 1.80. The first kappa shape index (κ1) is 18.1. The number of carbonyl (C=O) groups excluding carboxylic acids is 2. The van der Waals surface area contributed by atoms with Gasteiger partial charge < -0.3 is 20.9 Å². The molecule has 1 aromatic heterocycles. The molecule has 1 aliphatic rings. The molecule has 1 aliphatic heterocycles. The molecule has 26 heavy (non-hydrogen) atoms. The Morgan fingerprint density at radius 2 is 2.08 bits per heavy atom. The van der Waals surface area contributed by atoms with Gasteiger partial charge in [0, 0.05) is 37.5 Å². The van der Waals surface area contributed by atoms with E-state index in [1.807, 2.05) is 12.1 Å². The summed E-state index contributed by atoms with van der Waals surface area (Å²) in [5.74, 6) is -0.310. The minimum atomic E-state index is -0.267. The highest BCUT2D eigenvalue weighted by Gasteiger charge is 2.28. The maximum Gasteiger partial charge on any atom is 0.270 e. The Morgan fingerprint density at radius 1 is 1.27 bits per heavy atom. The second-order valence-corrected chi connectivity index (χ2v) is 6.59. The molecule has 0 bridgehead atoms. The molecule has 2 aromatic rings. The number of rotatable bonds is 5. The zero-order chi connectivity index (χ0) is 18.5. The Bertz CT molecular complexity index is 861. The minimum Gasteiger partial charge on any atom is -0.354 e. The first-order valence-electron chi connectivity index (χ1n) is 9.00. The minimum absolute atomic E-state index is 0.0760. The molecule has 1 atom stereocenters. The second-order valence-electron chi connectivity index (χ2n) is 6.59. The van der Waals surface area contributed by atoms with E-state index < -0.39 is 0 Å².